The van der Waals surface area contributed by atoms with E-state index in [-0.39, 0.29) is 6.04 Å². The fraction of sp³-hybridized carbons (Fsp3) is 0.312. The van der Waals surface area contributed by atoms with Gasteiger partial charge in [-0.3, -0.25) is 9.97 Å². The summed E-state index contributed by atoms with van der Waals surface area (Å²) in [5, 5.41) is 7.38. The number of aromatic nitrogens is 2. The van der Waals surface area contributed by atoms with Crippen LogP contribution in [0.5, 0.6) is 11.5 Å². The maximum atomic E-state index is 5.86. The van der Waals surface area contributed by atoms with E-state index in [1.165, 1.54) is 39.9 Å². The fourth-order valence-electron chi connectivity index (χ4n) is 5.48. The maximum Gasteiger partial charge on any atom is 0.168 e. The van der Waals surface area contributed by atoms with E-state index in [1.54, 1.807) is 14.2 Å². The second kappa shape index (κ2) is 12.2. The summed E-state index contributed by atoms with van der Waals surface area (Å²) >= 11 is 0. The summed E-state index contributed by atoms with van der Waals surface area (Å²) in [6.45, 7) is 4.39. The smallest absolute Gasteiger partial charge is 0.168 e. The number of benzene rings is 2. The van der Waals surface area contributed by atoms with Crippen LogP contribution in [0.3, 0.4) is 0 Å². The largest absolute Gasteiger partial charge is 0.493 e. The van der Waals surface area contributed by atoms with Gasteiger partial charge >= 0.3 is 0 Å². The minimum atomic E-state index is 0.272. The lowest BCUT2D eigenvalue weighted by Gasteiger charge is -2.26. The highest BCUT2D eigenvalue weighted by atomic mass is 16.5. The van der Waals surface area contributed by atoms with Crippen LogP contribution in [0.1, 0.15) is 52.5 Å². The molecule has 0 amide bonds. The van der Waals surface area contributed by atoms with Gasteiger partial charge in [-0.1, -0.05) is 36.4 Å². The molecule has 1 atom stereocenters. The molecule has 1 unspecified atom stereocenters. The lowest BCUT2D eigenvalue weighted by molar-refractivity contribution is 0.356. The Balaban J connectivity index is 1.45. The third kappa shape index (κ3) is 5.57. The Morgan fingerprint density at radius 3 is 2.53 bits per heavy atom. The molecule has 6 heteroatoms. The van der Waals surface area contributed by atoms with Gasteiger partial charge in [0, 0.05) is 37.6 Å². The summed E-state index contributed by atoms with van der Waals surface area (Å²) in [7, 11) is 3.38. The van der Waals surface area contributed by atoms with Crippen molar-refractivity contribution in [2.75, 3.05) is 14.2 Å². The van der Waals surface area contributed by atoms with Gasteiger partial charge in [-0.05, 0) is 78.3 Å². The van der Waals surface area contributed by atoms with Crippen molar-refractivity contribution in [1.82, 2.24) is 20.6 Å². The molecule has 1 aliphatic rings. The normalized spacial score (nSPS) is 14.7. The average molecular weight is 509 g/mol. The van der Waals surface area contributed by atoms with Gasteiger partial charge in [-0.15, -0.1) is 0 Å². The molecule has 2 aromatic carbocycles. The Hall–Kier alpha value is -3.74. The van der Waals surface area contributed by atoms with Gasteiger partial charge in [-0.25, -0.2) is 0 Å². The van der Waals surface area contributed by atoms with Crippen molar-refractivity contribution >= 4 is 0 Å². The van der Waals surface area contributed by atoms with Gasteiger partial charge in [0.2, 0.25) is 0 Å². The second-order valence-electron chi connectivity index (χ2n) is 9.72. The SMILES string of the molecule is COc1cccc(-c2c(CNCc3ccccn3)ccc(CNC3CCCc4cccnc43)c2C)c1OC. The Morgan fingerprint density at radius 2 is 1.71 bits per heavy atom. The number of nitrogens with one attached hydrogen (secondary N) is 2. The van der Waals surface area contributed by atoms with Crippen LogP contribution in [0.25, 0.3) is 11.1 Å². The zero-order chi connectivity index (χ0) is 26.3. The number of nitrogens with zero attached hydrogens (tertiary/aromatic N) is 2. The monoisotopic (exact) mass is 508 g/mol. The Kier molecular flexibility index (Phi) is 8.31. The van der Waals surface area contributed by atoms with Crippen LogP contribution >= 0.6 is 0 Å². The van der Waals surface area contributed by atoms with Crippen molar-refractivity contribution in [3.63, 3.8) is 0 Å². The number of aryl methyl sites for hydroxylation is 1. The third-order valence-electron chi connectivity index (χ3n) is 7.42. The zero-order valence-electron chi connectivity index (χ0n) is 22.5. The number of ether oxygens (including phenoxy) is 2. The fourth-order valence-corrected chi connectivity index (χ4v) is 5.48. The molecule has 0 fully saturated rings. The second-order valence-corrected chi connectivity index (χ2v) is 9.72. The molecule has 4 aromatic rings. The molecule has 5 rings (SSSR count). The van der Waals surface area contributed by atoms with Crippen molar-refractivity contribution in [2.45, 2.75) is 51.9 Å². The molecule has 0 bridgehead atoms. The van der Waals surface area contributed by atoms with E-state index in [0.717, 1.165) is 42.1 Å². The molecule has 0 saturated heterocycles. The standard InChI is InChI=1S/C32H36N4O2/c1-22-24(20-36-28-13-6-9-23-10-8-18-35-31(23)28)15-16-25(19-33-21-26-11-4-5-17-34-26)30(22)27-12-7-14-29(37-2)32(27)38-3/h4-5,7-8,10-12,14-18,28,33,36H,6,9,13,19-21H2,1-3H3. The molecule has 2 aromatic heterocycles. The van der Waals surface area contributed by atoms with E-state index in [9.17, 15) is 0 Å². The maximum absolute atomic E-state index is 5.86. The van der Waals surface area contributed by atoms with E-state index in [1.807, 2.05) is 48.8 Å². The first-order chi connectivity index (χ1) is 18.7. The first-order valence-electron chi connectivity index (χ1n) is 13.3. The lowest BCUT2D eigenvalue weighted by atomic mass is 9.89. The van der Waals surface area contributed by atoms with Crippen molar-refractivity contribution in [2.24, 2.45) is 0 Å². The van der Waals surface area contributed by atoms with Crippen LogP contribution in [-0.4, -0.2) is 24.2 Å². The van der Waals surface area contributed by atoms with E-state index < -0.39 is 0 Å². The number of pyridine rings is 2. The van der Waals surface area contributed by atoms with Crippen molar-refractivity contribution in [1.29, 1.82) is 0 Å². The van der Waals surface area contributed by atoms with Crippen LogP contribution in [0.4, 0.5) is 0 Å². The number of fused-ring (bicyclic) bond motifs is 1. The van der Waals surface area contributed by atoms with Crippen molar-refractivity contribution < 1.29 is 9.47 Å². The molecule has 196 valence electrons. The summed E-state index contributed by atoms with van der Waals surface area (Å²) in [6, 6.07) is 21.1. The van der Waals surface area contributed by atoms with Gasteiger partial charge in [0.25, 0.3) is 0 Å². The van der Waals surface area contributed by atoms with Crippen molar-refractivity contribution in [3.05, 3.63) is 107 Å². The molecule has 38 heavy (non-hydrogen) atoms. The topological polar surface area (TPSA) is 68.3 Å². The Labute approximate surface area is 225 Å². The number of methoxy groups -OCH3 is 2. The van der Waals surface area contributed by atoms with Crippen LogP contribution in [0.15, 0.2) is 73.1 Å². The first-order valence-corrected chi connectivity index (χ1v) is 13.3. The van der Waals surface area contributed by atoms with Gasteiger partial charge < -0.3 is 20.1 Å². The van der Waals surface area contributed by atoms with E-state index in [4.69, 9.17) is 14.5 Å². The highest BCUT2D eigenvalue weighted by Gasteiger charge is 2.22. The Morgan fingerprint density at radius 1 is 0.842 bits per heavy atom. The predicted octanol–water partition coefficient (Wildman–Crippen LogP) is 5.93. The van der Waals surface area contributed by atoms with Gasteiger partial charge in [0.05, 0.1) is 31.6 Å². The van der Waals surface area contributed by atoms with Gasteiger partial charge in [0.15, 0.2) is 11.5 Å². The Bertz CT molecular complexity index is 1370. The number of hydrogen-bond acceptors (Lipinski definition) is 6. The summed E-state index contributed by atoms with van der Waals surface area (Å²) in [4.78, 5) is 9.15. The molecule has 1 aliphatic carbocycles. The zero-order valence-corrected chi connectivity index (χ0v) is 22.5. The molecular formula is C32H36N4O2. The first kappa shape index (κ1) is 25.9. The van der Waals surface area contributed by atoms with E-state index >= 15 is 0 Å². The highest BCUT2D eigenvalue weighted by molar-refractivity contribution is 5.79. The van der Waals surface area contributed by atoms with Gasteiger partial charge in [-0.2, -0.15) is 0 Å². The average Bonchev–Trinajstić information content (AvgIpc) is 2.97. The third-order valence-corrected chi connectivity index (χ3v) is 7.42. The van der Waals surface area contributed by atoms with Crippen molar-refractivity contribution in [3.8, 4) is 22.6 Å². The molecule has 0 saturated carbocycles. The molecule has 2 N–H and O–H groups in total. The molecule has 2 heterocycles. The summed E-state index contributed by atoms with van der Waals surface area (Å²) in [5.74, 6) is 1.48. The summed E-state index contributed by atoms with van der Waals surface area (Å²) < 4.78 is 11.5. The number of hydrogen-bond donors (Lipinski definition) is 2. The van der Waals surface area contributed by atoms with Crippen LogP contribution < -0.4 is 20.1 Å². The van der Waals surface area contributed by atoms with E-state index in [2.05, 4.69) is 46.8 Å². The summed E-state index contributed by atoms with van der Waals surface area (Å²) in [6.07, 6.45) is 7.14. The molecular weight excluding hydrogens is 472 g/mol. The van der Waals surface area contributed by atoms with E-state index in [0.29, 0.717) is 13.1 Å². The molecule has 0 spiro atoms. The predicted molar refractivity (Wildman–Crippen MR) is 151 cm³/mol. The number of para-hydroxylation sites is 1. The highest BCUT2D eigenvalue weighted by Crippen LogP contribution is 2.41. The summed E-state index contributed by atoms with van der Waals surface area (Å²) in [5.41, 5.74) is 9.50. The minimum absolute atomic E-state index is 0.272. The molecule has 6 nitrogen and oxygen atoms in total. The van der Waals surface area contributed by atoms with Gasteiger partial charge in [0.1, 0.15) is 0 Å². The lowest BCUT2D eigenvalue weighted by Crippen LogP contribution is -2.26. The molecule has 0 radical (unpaired) electrons. The number of rotatable bonds is 10. The quantitative estimate of drug-likeness (QED) is 0.277. The molecule has 0 aliphatic heterocycles. The minimum Gasteiger partial charge on any atom is -0.493 e. The van der Waals surface area contributed by atoms with Crippen LogP contribution in [0.2, 0.25) is 0 Å². The van der Waals surface area contributed by atoms with Crippen LogP contribution in [-0.2, 0) is 26.1 Å². The van der Waals surface area contributed by atoms with Crippen LogP contribution in [0, 0.1) is 6.92 Å².